The largest absolute Gasteiger partial charge is 0.310 e. The van der Waals surface area contributed by atoms with Crippen LogP contribution in [0.5, 0.6) is 0 Å². The van der Waals surface area contributed by atoms with Crippen molar-refractivity contribution in [1.29, 1.82) is 0 Å². The van der Waals surface area contributed by atoms with Crippen LogP contribution in [0, 0.1) is 0 Å². The molecule has 18 heavy (non-hydrogen) atoms. The third-order valence-corrected chi connectivity index (χ3v) is 5.70. The van der Waals surface area contributed by atoms with Gasteiger partial charge in [0.25, 0.3) is 0 Å². The predicted octanol–water partition coefficient (Wildman–Crippen LogP) is 4.54. The summed E-state index contributed by atoms with van der Waals surface area (Å²) in [6.45, 7) is 7.06. The topological polar surface area (TPSA) is 12.0 Å². The zero-order valence-corrected chi connectivity index (χ0v) is 12.8. The number of rotatable bonds is 7. The van der Waals surface area contributed by atoms with Gasteiger partial charge in [-0.05, 0) is 49.6 Å². The van der Waals surface area contributed by atoms with Crippen molar-refractivity contribution in [3.05, 3.63) is 34.0 Å². The van der Waals surface area contributed by atoms with Crippen molar-refractivity contribution in [3.8, 4) is 0 Å². The van der Waals surface area contributed by atoms with Crippen molar-refractivity contribution in [2.45, 2.75) is 44.4 Å². The van der Waals surface area contributed by atoms with Crippen molar-refractivity contribution < 1.29 is 0 Å². The van der Waals surface area contributed by atoms with Crippen LogP contribution >= 0.6 is 23.1 Å². The minimum Gasteiger partial charge on any atom is -0.310 e. The Morgan fingerprint density at radius 1 is 1.56 bits per heavy atom. The molecule has 0 spiro atoms. The maximum atomic E-state index is 3.81. The minimum absolute atomic E-state index is 0.551. The molecule has 100 valence electrons. The highest BCUT2D eigenvalue weighted by Crippen LogP contribution is 2.35. The van der Waals surface area contributed by atoms with E-state index < -0.39 is 0 Å². The SMILES string of the molecule is C=CCCCC(NCC)c1cc2c(s1)CCSC2. The molecule has 1 aliphatic rings. The number of hydrogen-bond acceptors (Lipinski definition) is 3. The number of unbranched alkanes of at least 4 members (excludes halogenated alkanes) is 1. The number of thioether (sulfide) groups is 1. The number of hydrogen-bond donors (Lipinski definition) is 1. The van der Waals surface area contributed by atoms with Crippen LogP contribution in [0.4, 0.5) is 0 Å². The normalized spacial score (nSPS) is 16.3. The molecule has 0 bridgehead atoms. The second-order valence-electron chi connectivity index (χ2n) is 4.73. The van der Waals surface area contributed by atoms with E-state index in [1.807, 2.05) is 17.4 Å². The average Bonchev–Trinajstić information content (AvgIpc) is 2.81. The molecule has 3 heteroatoms. The lowest BCUT2D eigenvalue weighted by molar-refractivity contribution is 0.507. The summed E-state index contributed by atoms with van der Waals surface area (Å²) in [5.41, 5.74) is 1.60. The number of allylic oxidation sites excluding steroid dienone is 1. The quantitative estimate of drug-likeness (QED) is 0.581. The molecule has 0 saturated heterocycles. The van der Waals surface area contributed by atoms with Gasteiger partial charge in [-0.2, -0.15) is 11.8 Å². The molecule has 1 nitrogen and oxygen atoms in total. The Kier molecular flexibility index (Phi) is 5.80. The molecule has 0 amide bonds. The third kappa shape index (κ3) is 3.62. The van der Waals surface area contributed by atoms with E-state index in [0.29, 0.717) is 6.04 Å². The number of aryl methyl sites for hydroxylation is 1. The van der Waals surface area contributed by atoms with Gasteiger partial charge in [-0.25, -0.2) is 0 Å². The highest BCUT2D eigenvalue weighted by atomic mass is 32.2. The molecule has 2 rings (SSSR count). The van der Waals surface area contributed by atoms with Crippen molar-refractivity contribution in [2.24, 2.45) is 0 Å². The van der Waals surface area contributed by atoms with E-state index in [1.165, 1.54) is 30.8 Å². The molecule has 0 aliphatic carbocycles. The average molecular weight is 281 g/mol. The zero-order chi connectivity index (χ0) is 12.8. The van der Waals surface area contributed by atoms with Gasteiger partial charge < -0.3 is 5.32 Å². The summed E-state index contributed by atoms with van der Waals surface area (Å²) in [7, 11) is 0. The van der Waals surface area contributed by atoms with Gasteiger partial charge in [-0.1, -0.05) is 13.0 Å². The summed E-state index contributed by atoms with van der Waals surface area (Å²) in [5, 5.41) is 3.64. The molecule has 0 fully saturated rings. The number of thiophene rings is 1. The van der Waals surface area contributed by atoms with Crippen LogP contribution in [0.1, 0.15) is 47.5 Å². The van der Waals surface area contributed by atoms with Crippen LogP contribution in [0.2, 0.25) is 0 Å². The molecule has 0 aromatic carbocycles. The molecule has 1 aliphatic heterocycles. The molecule has 1 aromatic heterocycles. The van der Waals surface area contributed by atoms with Gasteiger partial charge in [0, 0.05) is 21.5 Å². The molecule has 1 unspecified atom stereocenters. The molecule has 1 aromatic rings. The van der Waals surface area contributed by atoms with Gasteiger partial charge in [0.15, 0.2) is 0 Å². The summed E-state index contributed by atoms with van der Waals surface area (Å²) in [4.78, 5) is 3.18. The zero-order valence-electron chi connectivity index (χ0n) is 11.2. The van der Waals surface area contributed by atoms with Crippen LogP contribution in [0.15, 0.2) is 18.7 Å². The van der Waals surface area contributed by atoms with E-state index in [9.17, 15) is 0 Å². The van der Waals surface area contributed by atoms with E-state index in [-0.39, 0.29) is 0 Å². The smallest absolute Gasteiger partial charge is 0.0415 e. The Morgan fingerprint density at radius 3 is 3.17 bits per heavy atom. The predicted molar refractivity (Wildman–Crippen MR) is 84.7 cm³/mol. The van der Waals surface area contributed by atoms with Crippen LogP contribution < -0.4 is 5.32 Å². The molecule has 2 heterocycles. The van der Waals surface area contributed by atoms with Gasteiger partial charge in [0.05, 0.1) is 0 Å². The van der Waals surface area contributed by atoms with Gasteiger partial charge >= 0.3 is 0 Å². The summed E-state index contributed by atoms with van der Waals surface area (Å²) in [6, 6.07) is 3.00. The van der Waals surface area contributed by atoms with Crippen LogP contribution in [0.25, 0.3) is 0 Å². The summed E-state index contributed by atoms with van der Waals surface area (Å²) < 4.78 is 0. The van der Waals surface area contributed by atoms with Crippen molar-refractivity contribution in [3.63, 3.8) is 0 Å². The van der Waals surface area contributed by atoms with E-state index in [0.717, 1.165) is 13.0 Å². The molecular formula is C15H23NS2. The second-order valence-corrected chi connectivity index (χ2v) is 7.00. The summed E-state index contributed by atoms with van der Waals surface area (Å²) in [5.74, 6) is 2.52. The van der Waals surface area contributed by atoms with Gasteiger partial charge in [-0.3, -0.25) is 0 Å². The van der Waals surface area contributed by atoms with Crippen LogP contribution in [-0.4, -0.2) is 12.3 Å². The molecular weight excluding hydrogens is 258 g/mol. The first kappa shape index (κ1) is 14.2. The lowest BCUT2D eigenvalue weighted by Gasteiger charge is -2.15. The molecule has 0 saturated carbocycles. The molecule has 1 atom stereocenters. The number of fused-ring (bicyclic) bond motifs is 1. The standard InChI is InChI=1S/C15H23NS2/c1-3-5-6-7-13(16-4-2)15-10-12-11-17-9-8-14(12)18-15/h3,10,13,16H,1,4-9,11H2,2H3. The molecule has 0 radical (unpaired) electrons. The van der Waals surface area contributed by atoms with Gasteiger partial charge in [0.2, 0.25) is 0 Å². The van der Waals surface area contributed by atoms with Crippen LogP contribution in [-0.2, 0) is 12.2 Å². The lowest BCUT2D eigenvalue weighted by atomic mass is 10.1. The maximum absolute atomic E-state index is 3.81. The van der Waals surface area contributed by atoms with E-state index in [1.54, 1.807) is 15.3 Å². The van der Waals surface area contributed by atoms with E-state index in [2.05, 4.69) is 36.6 Å². The van der Waals surface area contributed by atoms with Gasteiger partial charge in [0.1, 0.15) is 0 Å². The Balaban J connectivity index is 2.04. The highest BCUT2D eigenvalue weighted by Gasteiger charge is 2.18. The van der Waals surface area contributed by atoms with E-state index >= 15 is 0 Å². The summed E-state index contributed by atoms with van der Waals surface area (Å²) >= 11 is 4.11. The van der Waals surface area contributed by atoms with Crippen molar-refractivity contribution in [1.82, 2.24) is 5.32 Å². The second kappa shape index (κ2) is 7.37. The van der Waals surface area contributed by atoms with Gasteiger partial charge in [-0.15, -0.1) is 17.9 Å². The van der Waals surface area contributed by atoms with Crippen molar-refractivity contribution in [2.75, 3.05) is 12.3 Å². The Labute approximate surface area is 119 Å². The Bertz CT molecular complexity index is 360. The summed E-state index contributed by atoms with van der Waals surface area (Å²) in [6.07, 6.45) is 6.89. The first-order valence-electron chi connectivity index (χ1n) is 6.88. The third-order valence-electron chi connectivity index (χ3n) is 3.34. The number of nitrogens with one attached hydrogen (secondary N) is 1. The maximum Gasteiger partial charge on any atom is 0.0415 e. The fourth-order valence-corrected chi connectivity index (χ4v) is 4.89. The highest BCUT2D eigenvalue weighted by molar-refractivity contribution is 7.98. The minimum atomic E-state index is 0.551. The van der Waals surface area contributed by atoms with Crippen molar-refractivity contribution >= 4 is 23.1 Å². The van der Waals surface area contributed by atoms with Crippen LogP contribution in [0.3, 0.4) is 0 Å². The Morgan fingerprint density at radius 2 is 2.44 bits per heavy atom. The first-order valence-corrected chi connectivity index (χ1v) is 8.85. The lowest BCUT2D eigenvalue weighted by Crippen LogP contribution is -2.19. The fourth-order valence-electron chi connectivity index (χ4n) is 2.40. The monoisotopic (exact) mass is 281 g/mol. The molecule has 1 N–H and O–H groups in total. The fraction of sp³-hybridized carbons (Fsp3) is 0.600. The Hall–Kier alpha value is -0.250. The first-order chi connectivity index (χ1) is 8.85. The van der Waals surface area contributed by atoms with E-state index in [4.69, 9.17) is 0 Å².